The summed E-state index contributed by atoms with van der Waals surface area (Å²) >= 11 is 0. The van der Waals surface area contributed by atoms with Crippen LogP contribution >= 0.6 is 0 Å². The Morgan fingerprint density at radius 3 is 2.52 bits per heavy atom. The first-order chi connectivity index (χ1) is 9.95. The molecule has 0 aliphatic carbocycles. The van der Waals surface area contributed by atoms with E-state index < -0.39 is 0 Å². The lowest BCUT2D eigenvalue weighted by atomic mass is 10.2. The average molecular weight is 294 g/mol. The van der Waals surface area contributed by atoms with E-state index in [4.69, 9.17) is 10.9 Å². The molecule has 2 heterocycles. The summed E-state index contributed by atoms with van der Waals surface area (Å²) in [5.74, 6) is 0.203. The Bertz CT molecular complexity index is 545. The number of carbonyl (C=O) groups excluding carboxylic acids is 1. The molecule has 2 rings (SSSR count). The van der Waals surface area contributed by atoms with Crippen molar-refractivity contribution >= 4 is 11.7 Å². The molecule has 8 heteroatoms. The van der Waals surface area contributed by atoms with E-state index in [1.54, 1.807) is 10.9 Å². The van der Waals surface area contributed by atoms with Crippen molar-refractivity contribution in [2.24, 2.45) is 17.9 Å². The Balaban J connectivity index is 1.98. The quantitative estimate of drug-likeness (QED) is 0.343. The van der Waals surface area contributed by atoms with Gasteiger partial charge in [-0.05, 0) is 13.8 Å². The SMILES string of the molecule is Cc1c(C(=O)N2CCN(C(C)C(N)=NO)CC2)cnn1C. The third-order valence-electron chi connectivity index (χ3n) is 4.16. The lowest BCUT2D eigenvalue weighted by Crippen LogP contribution is -2.54. The molecule has 8 nitrogen and oxygen atoms in total. The molecular formula is C13H22N6O2. The molecule has 1 aromatic rings. The van der Waals surface area contributed by atoms with E-state index in [2.05, 4.69) is 15.2 Å². The number of amidine groups is 1. The number of carbonyl (C=O) groups is 1. The van der Waals surface area contributed by atoms with Gasteiger partial charge in [0, 0.05) is 38.9 Å². The van der Waals surface area contributed by atoms with Crippen LogP contribution < -0.4 is 5.73 Å². The fourth-order valence-corrected chi connectivity index (χ4v) is 2.46. The van der Waals surface area contributed by atoms with Crippen molar-refractivity contribution in [3.8, 4) is 0 Å². The smallest absolute Gasteiger partial charge is 0.257 e. The van der Waals surface area contributed by atoms with Crippen LogP contribution in [0.4, 0.5) is 0 Å². The Morgan fingerprint density at radius 2 is 2.05 bits per heavy atom. The summed E-state index contributed by atoms with van der Waals surface area (Å²) in [7, 11) is 1.82. The number of hydrogen-bond donors (Lipinski definition) is 2. The molecule has 1 fully saturated rings. The number of nitrogens with zero attached hydrogens (tertiary/aromatic N) is 5. The highest BCUT2D eigenvalue weighted by molar-refractivity contribution is 5.95. The minimum atomic E-state index is -0.132. The summed E-state index contributed by atoms with van der Waals surface area (Å²) in [4.78, 5) is 16.4. The highest BCUT2D eigenvalue weighted by Gasteiger charge is 2.27. The molecule has 0 saturated carbocycles. The topological polar surface area (TPSA) is 100.0 Å². The van der Waals surface area contributed by atoms with Gasteiger partial charge < -0.3 is 15.8 Å². The molecule has 1 amide bonds. The van der Waals surface area contributed by atoms with Gasteiger partial charge in [0.1, 0.15) is 0 Å². The van der Waals surface area contributed by atoms with Crippen molar-refractivity contribution in [2.45, 2.75) is 19.9 Å². The maximum atomic E-state index is 12.5. The van der Waals surface area contributed by atoms with Gasteiger partial charge in [-0.1, -0.05) is 5.16 Å². The molecule has 1 unspecified atom stereocenters. The zero-order chi connectivity index (χ0) is 15.6. The molecule has 1 aliphatic heterocycles. The second kappa shape index (κ2) is 6.13. The zero-order valence-corrected chi connectivity index (χ0v) is 12.7. The van der Waals surface area contributed by atoms with E-state index in [9.17, 15) is 4.79 Å². The second-order valence-electron chi connectivity index (χ2n) is 5.30. The van der Waals surface area contributed by atoms with E-state index in [1.807, 2.05) is 25.8 Å². The molecule has 0 bridgehead atoms. The van der Waals surface area contributed by atoms with Gasteiger partial charge in [-0.25, -0.2) is 0 Å². The van der Waals surface area contributed by atoms with Crippen LogP contribution in [0.3, 0.4) is 0 Å². The van der Waals surface area contributed by atoms with Gasteiger partial charge in [0.25, 0.3) is 5.91 Å². The Kier molecular flexibility index (Phi) is 4.46. The van der Waals surface area contributed by atoms with Crippen molar-refractivity contribution in [2.75, 3.05) is 26.2 Å². The number of oxime groups is 1. The standard InChI is InChI=1S/C13H22N6O2/c1-9-11(8-15-17(9)3)13(20)19-6-4-18(5-7-19)10(2)12(14)16-21/h8,10,21H,4-7H2,1-3H3,(H2,14,16). The van der Waals surface area contributed by atoms with E-state index in [0.717, 1.165) is 5.69 Å². The molecule has 0 spiro atoms. The van der Waals surface area contributed by atoms with E-state index >= 15 is 0 Å². The summed E-state index contributed by atoms with van der Waals surface area (Å²) < 4.78 is 1.70. The van der Waals surface area contributed by atoms with Crippen LogP contribution in [0.25, 0.3) is 0 Å². The van der Waals surface area contributed by atoms with Gasteiger partial charge >= 0.3 is 0 Å². The van der Waals surface area contributed by atoms with Crippen LogP contribution in [0.15, 0.2) is 11.4 Å². The van der Waals surface area contributed by atoms with Gasteiger partial charge in [-0.15, -0.1) is 0 Å². The highest BCUT2D eigenvalue weighted by Crippen LogP contribution is 2.13. The average Bonchev–Trinajstić information content (AvgIpc) is 2.85. The number of nitrogens with two attached hydrogens (primary N) is 1. The molecule has 116 valence electrons. The van der Waals surface area contributed by atoms with Gasteiger partial charge in [-0.3, -0.25) is 14.4 Å². The number of rotatable bonds is 3. The third-order valence-corrected chi connectivity index (χ3v) is 4.16. The Morgan fingerprint density at radius 1 is 1.43 bits per heavy atom. The van der Waals surface area contributed by atoms with Crippen LogP contribution in [-0.4, -0.2) is 68.8 Å². The second-order valence-corrected chi connectivity index (χ2v) is 5.30. The molecule has 0 aromatic carbocycles. The van der Waals surface area contributed by atoms with E-state index in [0.29, 0.717) is 31.7 Å². The lowest BCUT2D eigenvalue weighted by molar-refractivity contribution is 0.0618. The van der Waals surface area contributed by atoms with E-state index in [-0.39, 0.29) is 17.8 Å². The highest BCUT2D eigenvalue weighted by atomic mass is 16.4. The molecule has 1 aromatic heterocycles. The maximum absolute atomic E-state index is 12.5. The van der Waals surface area contributed by atoms with Crippen LogP contribution in [-0.2, 0) is 7.05 Å². The Labute approximate surface area is 123 Å². The first-order valence-corrected chi connectivity index (χ1v) is 6.95. The van der Waals surface area contributed by atoms with Crippen molar-refractivity contribution < 1.29 is 10.0 Å². The molecular weight excluding hydrogens is 272 g/mol. The molecule has 1 aliphatic rings. The number of amides is 1. The number of hydrogen-bond acceptors (Lipinski definition) is 5. The van der Waals surface area contributed by atoms with Gasteiger partial charge in [0.05, 0.1) is 17.8 Å². The molecule has 21 heavy (non-hydrogen) atoms. The summed E-state index contributed by atoms with van der Waals surface area (Å²) in [6.07, 6.45) is 1.61. The first-order valence-electron chi connectivity index (χ1n) is 6.95. The molecule has 1 atom stereocenters. The van der Waals surface area contributed by atoms with Gasteiger partial charge in [0.2, 0.25) is 0 Å². The maximum Gasteiger partial charge on any atom is 0.257 e. The van der Waals surface area contributed by atoms with Crippen LogP contribution in [0.1, 0.15) is 23.0 Å². The lowest BCUT2D eigenvalue weighted by Gasteiger charge is -2.37. The monoisotopic (exact) mass is 294 g/mol. The number of aromatic nitrogens is 2. The summed E-state index contributed by atoms with van der Waals surface area (Å²) in [6, 6.07) is -0.132. The third kappa shape index (κ3) is 2.99. The minimum absolute atomic E-state index is 0.0108. The molecule has 3 N–H and O–H groups in total. The first kappa shape index (κ1) is 15.3. The predicted molar refractivity (Wildman–Crippen MR) is 78.3 cm³/mol. The number of aryl methyl sites for hydroxylation is 1. The Hall–Kier alpha value is -2.09. The van der Waals surface area contributed by atoms with E-state index in [1.165, 1.54) is 0 Å². The van der Waals surface area contributed by atoms with Crippen molar-refractivity contribution in [3.05, 3.63) is 17.5 Å². The summed E-state index contributed by atoms with van der Waals surface area (Å²) in [6.45, 7) is 6.41. The minimum Gasteiger partial charge on any atom is -0.409 e. The van der Waals surface area contributed by atoms with Crippen molar-refractivity contribution in [1.82, 2.24) is 19.6 Å². The van der Waals surface area contributed by atoms with Crippen LogP contribution in [0, 0.1) is 6.92 Å². The largest absolute Gasteiger partial charge is 0.409 e. The van der Waals surface area contributed by atoms with Crippen LogP contribution in [0.5, 0.6) is 0 Å². The molecule has 1 saturated heterocycles. The summed E-state index contributed by atoms with van der Waals surface area (Å²) in [5.41, 5.74) is 7.14. The molecule has 0 radical (unpaired) electrons. The fourth-order valence-electron chi connectivity index (χ4n) is 2.46. The van der Waals surface area contributed by atoms with Crippen LogP contribution in [0.2, 0.25) is 0 Å². The van der Waals surface area contributed by atoms with Gasteiger partial charge in [-0.2, -0.15) is 5.10 Å². The zero-order valence-electron chi connectivity index (χ0n) is 12.7. The van der Waals surface area contributed by atoms with Gasteiger partial charge in [0.15, 0.2) is 5.84 Å². The summed E-state index contributed by atoms with van der Waals surface area (Å²) in [5, 5.41) is 15.9. The van der Waals surface area contributed by atoms with Crippen molar-refractivity contribution in [3.63, 3.8) is 0 Å². The fraction of sp³-hybridized carbons (Fsp3) is 0.615. The van der Waals surface area contributed by atoms with Crippen molar-refractivity contribution in [1.29, 1.82) is 0 Å². The predicted octanol–water partition coefficient (Wildman–Crippen LogP) is -0.379. The number of piperazine rings is 1. The normalized spacial score (nSPS) is 18.8.